The van der Waals surface area contributed by atoms with Crippen LogP contribution < -0.4 is 10.1 Å². The Hall–Kier alpha value is -2.28. The van der Waals surface area contributed by atoms with Crippen molar-refractivity contribution in [3.8, 4) is 17.0 Å². The van der Waals surface area contributed by atoms with Crippen LogP contribution in [-0.2, 0) is 0 Å². The van der Waals surface area contributed by atoms with E-state index in [1.54, 1.807) is 12.1 Å². The first-order valence-electron chi connectivity index (χ1n) is 8.07. The van der Waals surface area contributed by atoms with Crippen LogP contribution in [0.1, 0.15) is 18.5 Å². The Kier molecular flexibility index (Phi) is 4.89. The smallest absolute Gasteiger partial charge is 0.243 e. The van der Waals surface area contributed by atoms with Crippen LogP contribution in [0.4, 0.5) is 10.3 Å². The molecule has 1 unspecified atom stereocenters. The van der Waals surface area contributed by atoms with E-state index in [4.69, 9.17) is 4.74 Å². The molecule has 0 saturated carbocycles. The van der Waals surface area contributed by atoms with E-state index in [2.05, 4.69) is 32.4 Å². The van der Waals surface area contributed by atoms with Crippen LogP contribution in [-0.4, -0.2) is 53.4 Å². The molecule has 2 aromatic rings. The van der Waals surface area contributed by atoms with Gasteiger partial charge >= 0.3 is 0 Å². The Labute approximate surface area is 141 Å². The molecule has 1 saturated heterocycles. The summed E-state index contributed by atoms with van der Waals surface area (Å²) in [5.41, 5.74) is 1.46. The Bertz CT molecular complexity index is 724. The maximum atomic E-state index is 14.2. The second-order valence-electron chi connectivity index (χ2n) is 6.16. The third-order valence-electron chi connectivity index (χ3n) is 4.25. The first-order chi connectivity index (χ1) is 11.6. The number of nitrogens with zero attached hydrogens (tertiary/aromatic N) is 4. The van der Waals surface area contributed by atoms with E-state index in [1.165, 1.54) is 13.2 Å². The highest BCUT2D eigenvalue weighted by atomic mass is 19.1. The highest BCUT2D eigenvalue weighted by Crippen LogP contribution is 2.26. The minimum Gasteiger partial charge on any atom is -0.497 e. The van der Waals surface area contributed by atoms with Gasteiger partial charge in [-0.25, -0.2) is 9.37 Å². The molecule has 1 aromatic heterocycles. The van der Waals surface area contributed by atoms with Crippen LogP contribution in [0.25, 0.3) is 11.3 Å². The zero-order valence-electron chi connectivity index (χ0n) is 14.2. The summed E-state index contributed by atoms with van der Waals surface area (Å²) in [5, 5.41) is 11.6. The SMILES string of the molecule is COc1ccc(-c2nnc(NC3CCCN(C)C3)nc2C)c(F)c1. The number of piperidine rings is 1. The van der Waals surface area contributed by atoms with Crippen molar-refractivity contribution in [1.82, 2.24) is 20.1 Å². The van der Waals surface area contributed by atoms with Crippen LogP contribution in [0.15, 0.2) is 18.2 Å². The molecular formula is C17H22FN5O. The first kappa shape index (κ1) is 16.6. The number of hydrogen-bond acceptors (Lipinski definition) is 6. The summed E-state index contributed by atoms with van der Waals surface area (Å²) in [6, 6.07) is 4.98. The van der Waals surface area contributed by atoms with Gasteiger partial charge in [0.15, 0.2) is 0 Å². The quantitative estimate of drug-likeness (QED) is 0.929. The highest BCUT2D eigenvalue weighted by molar-refractivity contribution is 5.63. The fraction of sp³-hybridized carbons (Fsp3) is 0.471. The second-order valence-corrected chi connectivity index (χ2v) is 6.16. The van der Waals surface area contributed by atoms with Crippen molar-refractivity contribution < 1.29 is 9.13 Å². The third kappa shape index (κ3) is 3.62. The largest absolute Gasteiger partial charge is 0.497 e. The van der Waals surface area contributed by atoms with Gasteiger partial charge in [0, 0.05) is 24.2 Å². The molecule has 0 aliphatic carbocycles. The molecule has 7 heteroatoms. The number of likely N-dealkylation sites (N-methyl/N-ethyl adjacent to an activating group) is 1. The zero-order chi connectivity index (χ0) is 17.1. The summed E-state index contributed by atoms with van der Waals surface area (Å²) in [7, 11) is 3.61. The van der Waals surface area contributed by atoms with Gasteiger partial charge in [-0.15, -0.1) is 10.2 Å². The molecule has 0 amide bonds. The summed E-state index contributed by atoms with van der Waals surface area (Å²) in [6.07, 6.45) is 2.23. The van der Waals surface area contributed by atoms with E-state index in [9.17, 15) is 4.39 Å². The van der Waals surface area contributed by atoms with Crippen molar-refractivity contribution in [3.05, 3.63) is 29.7 Å². The van der Waals surface area contributed by atoms with Gasteiger partial charge < -0.3 is 15.0 Å². The molecule has 3 rings (SSSR count). The summed E-state index contributed by atoms with van der Waals surface area (Å²) in [5.74, 6) is 0.558. The van der Waals surface area contributed by atoms with Crippen molar-refractivity contribution in [1.29, 1.82) is 0 Å². The van der Waals surface area contributed by atoms with Gasteiger partial charge in [0.1, 0.15) is 17.3 Å². The molecule has 2 heterocycles. The zero-order valence-corrected chi connectivity index (χ0v) is 14.2. The van der Waals surface area contributed by atoms with Crippen molar-refractivity contribution in [2.45, 2.75) is 25.8 Å². The monoisotopic (exact) mass is 331 g/mol. The minimum absolute atomic E-state index is 0.313. The molecular weight excluding hydrogens is 309 g/mol. The molecule has 1 N–H and O–H groups in total. The summed E-state index contributed by atoms with van der Waals surface area (Å²) in [4.78, 5) is 6.73. The van der Waals surface area contributed by atoms with Crippen LogP contribution in [0, 0.1) is 12.7 Å². The van der Waals surface area contributed by atoms with Gasteiger partial charge in [-0.05, 0) is 45.5 Å². The van der Waals surface area contributed by atoms with Crippen LogP contribution in [0.3, 0.4) is 0 Å². The molecule has 1 aliphatic rings. The first-order valence-corrected chi connectivity index (χ1v) is 8.07. The second kappa shape index (κ2) is 7.09. The van der Waals surface area contributed by atoms with Crippen molar-refractivity contribution in [2.75, 3.05) is 32.6 Å². The van der Waals surface area contributed by atoms with Crippen LogP contribution in [0.5, 0.6) is 5.75 Å². The number of halogens is 1. The molecule has 6 nitrogen and oxygen atoms in total. The average molecular weight is 331 g/mol. The number of aromatic nitrogens is 3. The number of ether oxygens (including phenoxy) is 1. The van der Waals surface area contributed by atoms with E-state index in [0.29, 0.717) is 34.7 Å². The maximum Gasteiger partial charge on any atom is 0.243 e. The lowest BCUT2D eigenvalue weighted by Gasteiger charge is -2.30. The Morgan fingerprint density at radius 3 is 2.83 bits per heavy atom. The van der Waals surface area contributed by atoms with Gasteiger partial charge in [0.25, 0.3) is 0 Å². The molecule has 1 fully saturated rings. The number of rotatable bonds is 4. The minimum atomic E-state index is -0.400. The van der Waals surface area contributed by atoms with Gasteiger partial charge in [0.2, 0.25) is 5.95 Å². The number of likely N-dealkylation sites (tertiary alicyclic amines) is 1. The Morgan fingerprint density at radius 1 is 1.33 bits per heavy atom. The lowest BCUT2D eigenvalue weighted by molar-refractivity contribution is 0.260. The fourth-order valence-electron chi connectivity index (χ4n) is 3.00. The lowest BCUT2D eigenvalue weighted by Crippen LogP contribution is -2.40. The molecule has 1 aromatic carbocycles. The van der Waals surface area contributed by atoms with Crippen molar-refractivity contribution >= 4 is 5.95 Å². The molecule has 0 spiro atoms. The van der Waals surface area contributed by atoms with E-state index in [-0.39, 0.29) is 0 Å². The summed E-state index contributed by atoms with van der Waals surface area (Å²) in [6.45, 7) is 3.88. The maximum absolute atomic E-state index is 14.2. The lowest BCUT2D eigenvalue weighted by atomic mass is 10.1. The Morgan fingerprint density at radius 2 is 2.17 bits per heavy atom. The van der Waals surface area contributed by atoms with Crippen LogP contribution >= 0.6 is 0 Å². The number of anilines is 1. The molecule has 128 valence electrons. The van der Waals surface area contributed by atoms with Crippen LogP contribution in [0.2, 0.25) is 0 Å². The van der Waals surface area contributed by atoms with E-state index in [1.807, 2.05) is 6.92 Å². The van der Waals surface area contributed by atoms with Crippen molar-refractivity contribution in [3.63, 3.8) is 0 Å². The number of hydrogen-bond donors (Lipinski definition) is 1. The predicted octanol–water partition coefficient (Wildman–Crippen LogP) is 2.50. The molecule has 1 atom stereocenters. The Balaban J connectivity index is 1.79. The van der Waals surface area contributed by atoms with E-state index >= 15 is 0 Å². The number of methoxy groups -OCH3 is 1. The van der Waals surface area contributed by atoms with E-state index < -0.39 is 5.82 Å². The highest BCUT2D eigenvalue weighted by Gasteiger charge is 2.19. The summed E-state index contributed by atoms with van der Waals surface area (Å²) < 4.78 is 19.2. The van der Waals surface area contributed by atoms with Gasteiger partial charge in [-0.2, -0.15) is 0 Å². The normalized spacial score (nSPS) is 18.4. The molecule has 1 aliphatic heterocycles. The van der Waals surface area contributed by atoms with Gasteiger partial charge in [0.05, 0.1) is 12.8 Å². The number of nitrogens with one attached hydrogen (secondary N) is 1. The standard InChI is InChI=1S/C17H22FN5O/c1-11-16(14-7-6-13(24-3)9-15(14)18)21-22-17(19-11)20-12-5-4-8-23(2)10-12/h6-7,9,12H,4-5,8,10H2,1-3H3,(H,19,20,22). The third-order valence-corrected chi connectivity index (χ3v) is 4.25. The summed E-state index contributed by atoms with van der Waals surface area (Å²) >= 11 is 0. The van der Waals surface area contributed by atoms with E-state index in [0.717, 1.165) is 25.9 Å². The van der Waals surface area contributed by atoms with Gasteiger partial charge in [-0.3, -0.25) is 0 Å². The number of aryl methyl sites for hydroxylation is 1. The fourth-order valence-corrected chi connectivity index (χ4v) is 3.00. The molecule has 0 bridgehead atoms. The average Bonchev–Trinajstić information content (AvgIpc) is 2.55. The van der Waals surface area contributed by atoms with Gasteiger partial charge in [-0.1, -0.05) is 0 Å². The topological polar surface area (TPSA) is 63.2 Å². The number of benzene rings is 1. The predicted molar refractivity (Wildman–Crippen MR) is 90.7 cm³/mol. The molecule has 0 radical (unpaired) electrons. The van der Waals surface area contributed by atoms with Crippen molar-refractivity contribution in [2.24, 2.45) is 0 Å². The molecule has 24 heavy (non-hydrogen) atoms.